The van der Waals surface area contributed by atoms with Crippen LogP contribution >= 0.6 is 0 Å². The molecule has 0 N–H and O–H groups in total. The lowest BCUT2D eigenvalue weighted by Crippen LogP contribution is -2.42. The van der Waals surface area contributed by atoms with Crippen LogP contribution in [0.25, 0.3) is 0 Å². The van der Waals surface area contributed by atoms with Gasteiger partial charge in [0.05, 0.1) is 11.5 Å². The minimum atomic E-state index is -0.0516. The number of rotatable bonds is 2. The lowest BCUT2D eigenvalue weighted by molar-refractivity contribution is 0.117. The molecule has 0 bridgehead atoms. The Morgan fingerprint density at radius 1 is 1.46 bits per heavy atom. The number of likely N-dealkylation sites (tertiary alicyclic amines) is 1. The summed E-state index contributed by atoms with van der Waals surface area (Å²) in [7, 11) is 0. The number of hydrogen-bond donors (Lipinski definition) is 0. The predicted octanol–water partition coefficient (Wildman–Crippen LogP) is 2.41. The molecule has 2 heteroatoms. The van der Waals surface area contributed by atoms with Crippen molar-refractivity contribution in [1.82, 2.24) is 4.90 Å². The molecule has 1 atom stereocenters. The Hall–Kier alpha value is -0.550. The second-order valence-electron chi connectivity index (χ2n) is 4.47. The van der Waals surface area contributed by atoms with Crippen molar-refractivity contribution in [3.63, 3.8) is 0 Å². The molecule has 0 saturated carbocycles. The van der Waals surface area contributed by atoms with Crippen molar-refractivity contribution in [2.45, 2.75) is 46.1 Å². The smallest absolute Gasteiger partial charge is 0.0687 e. The van der Waals surface area contributed by atoms with Crippen LogP contribution in [0.4, 0.5) is 0 Å². The summed E-state index contributed by atoms with van der Waals surface area (Å²) in [6.07, 6.45) is 3.28. The van der Waals surface area contributed by atoms with Gasteiger partial charge < -0.3 is 4.90 Å². The molecule has 1 saturated heterocycles. The SMILES string of the molecule is CCC(C)N1CCC(C)(C#N)CC1. The maximum Gasteiger partial charge on any atom is 0.0687 e. The summed E-state index contributed by atoms with van der Waals surface area (Å²) in [5.41, 5.74) is -0.0516. The second kappa shape index (κ2) is 4.11. The molecule has 0 radical (unpaired) electrons. The van der Waals surface area contributed by atoms with E-state index >= 15 is 0 Å². The van der Waals surface area contributed by atoms with Crippen LogP contribution in [0.1, 0.15) is 40.0 Å². The largest absolute Gasteiger partial charge is 0.301 e. The third kappa shape index (κ3) is 2.45. The maximum atomic E-state index is 8.96. The van der Waals surface area contributed by atoms with E-state index in [1.54, 1.807) is 0 Å². The minimum Gasteiger partial charge on any atom is -0.301 e. The van der Waals surface area contributed by atoms with Crippen LogP contribution in [0.3, 0.4) is 0 Å². The van der Waals surface area contributed by atoms with E-state index in [9.17, 15) is 0 Å². The molecule has 2 nitrogen and oxygen atoms in total. The maximum absolute atomic E-state index is 8.96. The standard InChI is InChI=1S/C11H20N2/c1-4-10(2)13-7-5-11(3,9-12)6-8-13/h10H,4-8H2,1-3H3. The van der Waals surface area contributed by atoms with Crippen molar-refractivity contribution in [2.75, 3.05) is 13.1 Å². The van der Waals surface area contributed by atoms with Gasteiger partial charge in [0, 0.05) is 6.04 Å². The van der Waals surface area contributed by atoms with Gasteiger partial charge in [-0.05, 0) is 46.2 Å². The first kappa shape index (κ1) is 10.5. The van der Waals surface area contributed by atoms with Crippen molar-refractivity contribution < 1.29 is 0 Å². The lowest BCUT2D eigenvalue weighted by Gasteiger charge is -2.38. The van der Waals surface area contributed by atoms with E-state index in [0.717, 1.165) is 25.9 Å². The zero-order chi connectivity index (χ0) is 9.90. The van der Waals surface area contributed by atoms with Crippen molar-refractivity contribution in [3.8, 4) is 6.07 Å². The quantitative estimate of drug-likeness (QED) is 0.652. The van der Waals surface area contributed by atoms with Crippen LogP contribution in [0.2, 0.25) is 0 Å². The van der Waals surface area contributed by atoms with E-state index in [4.69, 9.17) is 5.26 Å². The molecule has 1 aliphatic heterocycles. The molecule has 0 aromatic carbocycles. The Labute approximate surface area is 81.5 Å². The van der Waals surface area contributed by atoms with Gasteiger partial charge in [0.1, 0.15) is 0 Å². The number of nitriles is 1. The summed E-state index contributed by atoms with van der Waals surface area (Å²) in [5, 5.41) is 8.96. The predicted molar refractivity (Wildman–Crippen MR) is 54.3 cm³/mol. The van der Waals surface area contributed by atoms with Crippen LogP contribution in [0.5, 0.6) is 0 Å². The van der Waals surface area contributed by atoms with Gasteiger partial charge in [-0.25, -0.2) is 0 Å². The van der Waals surface area contributed by atoms with Gasteiger partial charge in [0.2, 0.25) is 0 Å². The molecular formula is C11H20N2. The number of hydrogen-bond acceptors (Lipinski definition) is 2. The van der Waals surface area contributed by atoms with Gasteiger partial charge in [-0.3, -0.25) is 0 Å². The Morgan fingerprint density at radius 3 is 2.38 bits per heavy atom. The first-order valence-corrected chi connectivity index (χ1v) is 5.26. The molecule has 0 aliphatic carbocycles. The lowest BCUT2D eigenvalue weighted by atomic mass is 9.81. The van der Waals surface area contributed by atoms with Gasteiger partial charge in [0.25, 0.3) is 0 Å². The van der Waals surface area contributed by atoms with E-state index in [0.29, 0.717) is 6.04 Å². The van der Waals surface area contributed by atoms with Crippen LogP contribution < -0.4 is 0 Å². The minimum absolute atomic E-state index is 0.0516. The number of nitrogens with zero attached hydrogens (tertiary/aromatic N) is 2. The van der Waals surface area contributed by atoms with Gasteiger partial charge in [0.15, 0.2) is 0 Å². The highest BCUT2D eigenvalue weighted by Crippen LogP contribution is 2.30. The molecule has 74 valence electrons. The molecule has 0 aromatic heterocycles. The van der Waals surface area contributed by atoms with Crippen LogP contribution in [-0.4, -0.2) is 24.0 Å². The summed E-state index contributed by atoms with van der Waals surface area (Å²) >= 11 is 0. The zero-order valence-corrected chi connectivity index (χ0v) is 9.01. The Kier molecular flexibility index (Phi) is 3.33. The summed E-state index contributed by atoms with van der Waals surface area (Å²) in [5.74, 6) is 0. The van der Waals surface area contributed by atoms with Gasteiger partial charge in [-0.15, -0.1) is 0 Å². The van der Waals surface area contributed by atoms with E-state index in [1.807, 2.05) is 0 Å². The Morgan fingerprint density at radius 2 is 2.00 bits per heavy atom. The molecule has 0 aromatic rings. The van der Waals surface area contributed by atoms with Crippen molar-refractivity contribution in [3.05, 3.63) is 0 Å². The summed E-state index contributed by atoms with van der Waals surface area (Å²) in [4.78, 5) is 2.50. The van der Waals surface area contributed by atoms with E-state index in [1.165, 1.54) is 6.42 Å². The average molecular weight is 180 g/mol. The third-order valence-electron chi connectivity index (χ3n) is 3.39. The molecule has 1 aliphatic rings. The van der Waals surface area contributed by atoms with Crippen molar-refractivity contribution in [1.29, 1.82) is 5.26 Å². The third-order valence-corrected chi connectivity index (χ3v) is 3.39. The first-order valence-electron chi connectivity index (χ1n) is 5.26. The highest BCUT2D eigenvalue weighted by Gasteiger charge is 2.30. The topological polar surface area (TPSA) is 27.0 Å². The average Bonchev–Trinajstić information content (AvgIpc) is 2.18. The van der Waals surface area contributed by atoms with Crippen LogP contribution in [0.15, 0.2) is 0 Å². The highest BCUT2D eigenvalue weighted by molar-refractivity contribution is 4.99. The molecule has 1 rings (SSSR count). The molecule has 0 amide bonds. The normalized spacial score (nSPS) is 25.1. The van der Waals surface area contributed by atoms with Crippen molar-refractivity contribution >= 4 is 0 Å². The monoisotopic (exact) mass is 180 g/mol. The first-order chi connectivity index (χ1) is 6.11. The van der Waals surface area contributed by atoms with Gasteiger partial charge >= 0.3 is 0 Å². The fourth-order valence-electron chi connectivity index (χ4n) is 1.83. The summed E-state index contributed by atoms with van der Waals surface area (Å²) in [6.45, 7) is 8.77. The molecule has 0 spiro atoms. The summed E-state index contributed by atoms with van der Waals surface area (Å²) in [6, 6.07) is 3.11. The number of piperidine rings is 1. The fourth-order valence-corrected chi connectivity index (χ4v) is 1.83. The molecular weight excluding hydrogens is 160 g/mol. The molecule has 13 heavy (non-hydrogen) atoms. The highest BCUT2D eigenvalue weighted by atomic mass is 15.2. The van der Waals surface area contributed by atoms with Gasteiger partial charge in [-0.2, -0.15) is 5.26 Å². The van der Waals surface area contributed by atoms with E-state index in [-0.39, 0.29) is 5.41 Å². The molecule has 1 heterocycles. The second-order valence-corrected chi connectivity index (χ2v) is 4.47. The summed E-state index contributed by atoms with van der Waals surface area (Å²) < 4.78 is 0. The zero-order valence-electron chi connectivity index (χ0n) is 9.01. The van der Waals surface area contributed by atoms with Crippen LogP contribution in [-0.2, 0) is 0 Å². The van der Waals surface area contributed by atoms with E-state index in [2.05, 4.69) is 31.7 Å². The van der Waals surface area contributed by atoms with Gasteiger partial charge in [-0.1, -0.05) is 6.92 Å². The van der Waals surface area contributed by atoms with Crippen LogP contribution in [0, 0.1) is 16.7 Å². The molecule has 1 fully saturated rings. The van der Waals surface area contributed by atoms with Crippen molar-refractivity contribution in [2.24, 2.45) is 5.41 Å². The molecule has 1 unspecified atom stereocenters. The Bertz CT molecular complexity index is 197. The fraction of sp³-hybridized carbons (Fsp3) is 0.909. The Balaban J connectivity index is 2.44. The van der Waals surface area contributed by atoms with E-state index < -0.39 is 0 Å².